The maximum atomic E-state index is 4.38. The van der Waals surface area contributed by atoms with Crippen molar-refractivity contribution in [1.29, 1.82) is 0 Å². The van der Waals surface area contributed by atoms with Gasteiger partial charge in [-0.1, -0.05) is 0 Å². The van der Waals surface area contributed by atoms with Gasteiger partial charge in [0.05, 0.1) is 23.3 Å². The molecule has 0 aromatic carbocycles. The van der Waals surface area contributed by atoms with Crippen molar-refractivity contribution in [2.24, 2.45) is 0 Å². The SMILES string of the molecule is CC(C)(C)NCc1ncc(-c2cc(Br)cs2)[nH]1. The van der Waals surface area contributed by atoms with Gasteiger partial charge in [-0.15, -0.1) is 11.3 Å². The van der Waals surface area contributed by atoms with E-state index in [0.29, 0.717) is 0 Å². The van der Waals surface area contributed by atoms with Gasteiger partial charge in [-0.3, -0.25) is 0 Å². The molecule has 0 atom stereocenters. The molecule has 92 valence electrons. The molecule has 2 N–H and O–H groups in total. The second kappa shape index (κ2) is 4.92. The van der Waals surface area contributed by atoms with Crippen LogP contribution in [0.3, 0.4) is 0 Å². The van der Waals surface area contributed by atoms with Crippen molar-refractivity contribution in [3.63, 3.8) is 0 Å². The molecule has 0 aliphatic heterocycles. The van der Waals surface area contributed by atoms with Gasteiger partial charge < -0.3 is 10.3 Å². The highest BCUT2D eigenvalue weighted by atomic mass is 79.9. The predicted octanol–water partition coefficient (Wildman–Crippen LogP) is 3.79. The molecule has 0 amide bonds. The number of halogens is 1. The number of H-pyrrole nitrogens is 1. The third-order valence-corrected chi connectivity index (χ3v) is 3.97. The van der Waals surface area contributed by atoms with E-state index in [2.05, 4.69) is 63.4 Å². The van der Waals surface area contributed by atoms with Gasteiger partial charge in [0.25, 0.3) is 0 Å². The summed E-state index contributed by atoms with van der Waals surface area (Å²) < 4.78 is 1.11. The lowest BCUT2D eigenvalue weighted by Gasteiger charge is -2.19. The monoisotopic (exact) mass is 313 g/mol. The topological polar surface area (TPSA) is 40.7 Å². The molecule has 0 spiro atoms. The van der Waals surface area contributed by atoms with E-state index in [1.54, 1.807) is 11.3 Å². The first-order valence-electron chi connectivity index (χ1n) is 5.47. The Labute approximate surface area is 114 Å². The standard InChI is InChI=1S/C12H16BrN3S/c1-12(2,3)15-6-11-14-5-9(16-11)10-4-8(13)7-17-10/h4-5,7,15H,6H2,1-3H3,(H,14,16). The van der Waals surface area contributed by atoms with Gasteiger partial charge in [-0.25, -0.2) is 4.98 Å². The van der Waals surface area contributed by atoms with Crippen molar-refractivity contribution in [3.8, 4) is 10.6 Å². The molecule has 0 radical (unpaired) electrons. The molecule has 17 heavy (non-hydrogen) atoms. The molecule has 0 aliphatic rings. The Bertz CT molecular complexity index is 496. The summed E-state index contributed by atoms with van der Waals surface area (Å²) in [6, 6.07) is 2.10. The number of aromatic amines is 1. The van der Waals surface area contributed by atoms with E-state index in [4.69, 9.17) is 0 Å². The third-order valence-electron chi connectivity index (χ3n) is 2.25. The Morgan fingerprint density at radius 1 is 1.47 bits per heavy atom. The molecule has 0 aliphatic carbocycles. The summed E-state index contributed by atoms with van der Waals surface area (Å²) in [4.78, 5) is 8.91. The normalized spacial score (nSPS) is 12.0. The number of hydrogen-bond donors (Lipinski definition) is 2. The van der Waals surface area contributed by atoms with Crippen molar-refractivity contribution < 1.29 is 0 Å². The fourth-order valence-electron chi connectivity index (χ4n) is 1.38. The van der Waals surface area contributed by atoms with E-state index in [1.807, 2.05) is 6.20 Å². The van der Waals surface area contributed by atoms with Gasteiger partial charge in [-0.05, 0) is 42.8 Å². The smallest absolute Gasteiger partial charge is 0.120 e. The van der Waals surface area contributed by atoms with Crippen LogP contribution >= 0.6 is 27.3 Å². The second-order valence-electron chi connectivity index (χ2n) is 4.98. The Morgan fingerprint density at radius 3 is 2.82 bits per heavy atom. The van der Waals surface area contributed by atoms with Gasteiger partial charge in [0.15, 0.2) is 0 Å². The first kappa shape index (κ1) is 12.8. The number of nitrogens with zero attached hydrogens (tertiary/aromatic N) is 1. The minimum atomic E-state index is 0.110. The molecule has 5 heteroatoms. The van der Waals surface area contributed by atoms with Crippen LogP contribution in [-0.2, 0) is 6.54 Å². The van der Waals surface area contributed by atoms with E-state index in [9.17, 15) is 0 Å². The highest BCUT2D eigenvalue weighted by Gasteiger charge is 2.10. The molecule has 2 rings (SSSR count). The Kier molecular flexibility index (Phi) is 3.70. The van der Waals surface area contributed by atoms with Crippen LogP contribution in [0.15, 0.2) is 22.1 Å². The highest BCUT2D eigenvalue weighted by molar-refractivity contribution is 9.10. The van der Waals surface area contributed by atoms with Crippen LogP contribution in [0.1, 0.15) is 26.6 Å². The lowest BCUT2D eigenvalue weighted by Crippen LogP contribution is -2.35. The molecule has 2 aromatic heterocycles. The number of aromatic nitrogens is 2. The molecular formula is C12H16BrN3S. The van der Waals surface area contributed by atoms with Crippen LogP contribution in [0.4, 0.5) is 0 Å². The number of imidazole rings is 1. The van der Waals surface area contributed by atoms with Crippen LogP contribution in [0.25, 0.3) is 10.6 Å². The first-order chi connectivity index (χ1) is 7.94. The van der Waals surface area contributed by atoms with E-state index < -0.39 is 0 Å². The molecule has 0 saturated heterocycles. The Hall–Kier alpha value is -0.650. The van der Waals surface area contributed by atoms with Gasteiger partial charge in [0.2, 0.25) is 0 Å². The summed E-state index contributed by atoms with van der Waals surface area (Å²) in [5, 5.41) is 5.48. The molecular weight excluding hydrogens is 298 g/mol. The number of nitrogens with one attached hydrogen (secondary N) is 2. The number of rotatable bonds is 3. The summed E-state index contributed by atoms with van der Waals surface area (Å²) in [6.45, 7) is 7.20. The highest BCUT2D eigenvalue weighted by Crippen LogP contribution is 2.28. The van der Waals surface area contributed by atoms with Gasteiger partial charge in [-0.2, -0.15) is 0 Å². The van der Waals surface area contributed by atoms with E-state index in [-0.39, 0.29) is 5.54 Å². The van der Waals surface area contributed by atoms with Crippen LogP contribution < -0.4 is 5.32 Å². The zero-order valence-corrected chi connectivity index (χ0v) is 12.6. The van der Waals surface area contributed by atoms with Gasteiger partial charge >= 0.3 is 0 Å². The maximum absolute atomic E-state index is 4.38. The average molecular weight is 314 g/mol. The predicted molar refractivity (Wildman–Crippen MR) is 76.2 cm³/mol. The lowest BCUT2D eigenvalue weighted by atomic mass is 10.1. The number of hydrogen-bond acceptors (Lipinski definition) is 3. The molecule has 3 nitrogen and oxygen atoms in total. The average Bonchev–Trinajstić information content (AvgIpc) is 2.81. The maximum Gasteiger partial charge on any atom is 0.120 e. The van der Waals surface area contributed by atoms with E-state index in [1.165, 1.54) is 4.88 Å². The van der Waals surface area contributed by atoms with Crippen molar-refractivity contribution in [1.82, 2.24) is 15.3 Å². The fourth-order valence-corrected chi connectivity index (χ4v) is 2.77. The minimum absolute atomic E-state index is 0.110. The summed E-state index contributed by atoms with van der Waals surface area (Å²) in [7, 11) is 0. The molecule has 0 fully saturated rings. The van der Waals surface area contributed by atoms with Crippen molar-refractivity contribution in [3.05, 3.63) is 27.9 Å². The minimum Gasteiger partial charge on any atom is -0.340 e. The number of thiophene rings is 1. The quantitative estimate of drug-likeness (QED) is 0.905. The molecule has 2 heterocycles. The molecule has 0 unspecified atom stereocenters. The summed E-state index contributed by atoms with van der Waals surface area (Å²) in [5.74, 6) is 0.972. The van der Waals surface area contributed by atoms with Crippen LogP contribution in [-0.4, -0.2) is 15.5 Å². The van der Waals surface area contributed by atoms with E-state index in [0.717, 1.165) is 22.5 Å². The van der Waals surface area contributed by atoms with Crippen LogP contribution in [0.5, 0.6) is 0 Å². The zero-order chi connectivity index (χ0) is 12.5. The Morgan fingerprint density at radius 2 is 2.24 bits per heavy atom. The zero-order valence-electron chi connectivity index (χ0n) is 10.2. The first-order valence-corrected chi connectivity index (χ1v) is 7.15. The van der Waals surface area contributed by atoms with Crippen LogP contribution in [0.2, 0.25) is 0 Å². The van der Waals surface area contributed by atoms with Crippen molar-refractivity contribution in [2.45, 2.75) is 32.9 Å². The largest absolute Gasteiger partial charge is 0.340 e. The van der Waals surface area contributed by atoms with Gasteiger partial charge in [0.1, 0.15) is 5.82 Å². The van der Waals surface area contributed by atoms with Gasteiger partial charge in [0, 0.05) is 15.4 Å². The molecule has 0 bridgehead atoms. The van der Waals surface area contributed by atoms with Crippen molar-refractivity contribution in [2.75, 3.05) is 0 Å². The Balaban J connectivity index is 2.06. The summed E-state index contributed by atoms with van der Waals surface area (Å²) in [6.07, 6.45) is 1.89. The molecule has 2 aromatic rings. The van der Waals surface area contributed by atoms with Crippen molar-refractivity contribution >= 4 is 27.3 Å². The lowest BCUT2D eigenvalue weighted by molar-refractivity contribution is 0.418. The van der Waals surface area contributed by atoms with Crippen LogP contribution in [0, 0.1) is 0 Å². The fraction of sp³-hybridized carbons (Fsp3) is 0.417. The van der Waals surface area contributed by atoms with E-state index >= 15 is 0 Å². The third kappa shape index (κ3) is 3.66. The molecule has 0 saturated carbocycles. The summed E-state index contributed by atoms with van der Waals surface area (Å²) in [5.41, 5.74) is 1.19. The summed E-state index contributed by atoms with van der Waals surface area (Å²) >= 11 is 5.16. The second-order valence-corrected chi connectivity index (χ2v) is 6.80.